The molecule has 1 aromatic heterocycles. The van der Waals surface area contributed by atoms with Gasteiger partial charge in [0, 0.05) is 37.7 Å². The highest BCUT2D eigenvalue weighted by Crippen LogP contribution is 2.28. The highest BCUT2D eigenvalue weighted by molar-refractivity contribution is 7.89. The van der Waals surface area contributed by atoms with Crippen molar-refractivity contribution in [3.8, 4) is 0 Å². The lowest BCUT2D eigenvalue weighted by Crippen LogP contribution is -2.33. The van der Waals surface area contributed by atoms with Gasteiger partial charge in [-0.05, 0) is 49.6 Å². The van der Waals surface area contributed by atoms with Gasteiger partial charge < -0.3 is 10.2 Å². The molecule has 2 heterocycles. The molecule has 0 spiro atoms. The number of hydrogen-bond donors (Lipinski definition) is 1. The zero-order valence-electron chi connectivity index (χ0n) is 15.9. The van der Waals surface area contributed by atoms with Crippen molar-refractivity contribution >= 4 is 44.6 Å². The van der Waals surface area contributed by atoms with Crippen LogP contribution in [0.4, 0.5) is 5.69 Å². The minimum Gasteiger partial charge on any atom is -0.371 e. The number of thiophene rings is 1. The second kappa shape index (κ2) is 8.82. The van der Waals surface area contributed by atoms with E-state index in [0.29, 0.717) is 16.4 Å². The summed E-state index contributed by atoms with van der Waals surface area (Å²) in [5.41, 5.74) is 1.16. The third-order valence-corrected chi connectivity index (χ3v) is 7.78. The highest BCUT2D eigenvalue weighted by Gasteiger charge is 2.24. The van der Waals surface area contributed by atoms with Crippen LogP contribution < -0.4 is 10.2 Å². The minimum absolute atomic E-state index is 0.113. The van der Waals surface area contributed by atoms with E-state index in [1.54, 1.807) is 18.2 Å². The van der Waals surface area contributed by atoms with Crippen molar-refractivity contribution < 1.29 is 13.2 Å². The van der Waals surface area contributed by atoms with Crippen LogP contribution >= 0.6 is 22.9 Å². The number of carbonyl (C=O) groups excluding carboxylic acids is 1. The lowest BCUT2D eigenvalue weighted by molar-refractivity contribution is 0.0951. The molecule has 1 aliphatic rings. The lowest BCUT2D eigenvalue weighted by Gasteiger charge is -2.30. The van der Waals surface area contributed by atoms with E-state index in [1.807, 2.05) is 6.07 Å². The van der Waals surface area contributed by atoms with Gasteiger partial charge in [-0.25, -0.2) is 12.7 Å². The van der Waals surface area contributed by atoms with E-state index in [0.717, 1.165) is 40.8 Å². The van der Waals surface area contributed by atoms with Gasteiger partial charge in [0.2, 0.25) is 10.0 Å². The Hall–Kier alpha value is -1.61. The lowest BCUT2D eigenvalue weighted by atomic mass is 10.1. The molecule has 1 aliphatic heterocycles. The number of anilines is 1. The Morgan fingerprint density at radius 2 is 1.89 bits per heavy atom. The van der Waals surface area contributed by atoms with Crippen molar-refractivity contribution in [2.24, 2.45) is 0 Å². The number of hydrogen-bond acceptors (Lipinski definition) is 5. The summed E-state index contributed by atoms with van der Waals surface area (Å²) in [4.78, 5) is 16.2. The molecule has 3 rings (SSSR count). The molecule has 6 nitrogen and oxygen atoms in total. The third-order valence-electron chi connectivity index (χ3n) is 4.74. The first kappa shape index (κ1) is 21.1. The van der Waals surface area contributed by atoms with Crippen LogP contribution in [-0.2, 0) is 16.6 Å². The maximum absolute atomic E-state index is 13.0. The standard InChI is InChI=1S/C19H24ClN3O3S2/c1-22(2)28(25,26)15-7-8-17(23-10-4-3-5-11-23)16(12-15)19(24)21-13-14-6-9-18(20)27-14/h6-9,12H,3-5,10-11,13H2,1-2H3,(H,21,24). The molecule has 9 heteroatoms. The van der Waals surface area contributed by atoms with Crippen LogP contribution in [0, 0.1) is 0 Å². The fourth-order valence-electron chi connectivity index (χ4n) is 3.19. The van der Waals surface area contributed by atoms with E-state index in [1.165, 1.54) is 37.9 Å². The van der Waals surface area contributed by atoms with E-state index in [2.05, 4.69) is 10.2 Å². The second-order valence-corrected chi connectivity index (χ2v) is 10.9. The molecule has 1 saturated heterocycles. The predicted octanol–water partition coefficient (Wildman–Crippen LogP) is 3.57. The minimum atomic E-state index is -3.62. The van der Waals surface area contributed by atoms with Crippen LogP contribution in [0.25, 0.3) is 0 Å². The van der Waals surface area contributed by atoms with Crippen LogP contribution in [0.15, 0.2) is 35.2 Å². The zero-order chi connectivity index (χ0) is 20.3. The number of nitrogens with one attached hydrogen (secondary N) is 1. The van der Waals surface area contributed by atoms with Crippen LogP contribution in [0.3, 0.4) is 0 Å². The largest absolute Gasteiger partial charge is 0.371 e. The van der Waals surface area contributed by atoms with Crippen molar-refractivity contribution in [1.82, 2.24) is 9.62 Å². The number of piperidine rings is 1. The van der Waals surface area contributed by atoms with Gasteiger partial charge in [0.1, 0.15) is 0 Å². The quantitative estimate of drug-likeness (QED) is 0.743. The summed E-state index contributed by atoms with van der Waals surface area (Å²) in [5.74, 6) is -0.291. The molecule has 0 unspecified atom stereocenters. The Labute approximate surface area is 175 Å². The van der Waals surface area contributed by atoms with Crippen molar-refractivity contribution in [3.63, 3.8) is 0 Å². The summed E-state index contributed by atoms with van der Waals surface area (Å²) < 4.78 is 26.9. The molecule has 0 bridgehead atoms. The van der Waals surface area contributed by atoms with Crippen LogP contribution in [0.5, 0.6) is 0 Å². The number of amides is 1. The van der Waals surface area contributed by atoms with Gasteiger partial charge in [0.05, 0.1) is 21.3 Å². The molecule has 2 aromatic rings. The van der Waals surface area contributed by atoms with Gasteiger partial charge in [0.25, 0.3) is 5.91 Å². The first-order chi connectivity index (χ1) is 13.3. The number of rotatable bonds is 6. The number of nitrogens with zero attached hydrogens (tertiary/aromatic N) is 2. The second-order valence-electron chi connectivity index (χ2n) is 6.90. The molecule has 152 valence electrons. The van der Waals surface area contributed by atoms with Crippen LogP contribution in [0.2, 0.25) is 4.34 Å². The number of benzene rings is 1. The fraction of sp³-hybridized carbons (Fsp3) is 0.421. The molecule has 28 heavy (non-hydrogen) atoms. The molecule has 1 fully saturated rings. The Kier molecular flexibility index (Phi) is 6.65. The van der Waals surface area contributed by atoms with E-state index in [4.69, 9.17) is 11.6 Å². The first-order valence-corrected chi connectivity index (χ1v) is 11.8. The van der Waals surface area contributed by atoms with E-state index in [9.17, 15) is 13.2 Å². The van der Waals surface area contributed by atoms with Crippen LogP contribution in [-0.4, -0.2) is 45.8 Å². The van der Waals surface area contributed by atoms with Gasteiger partial charge in [-0.15, -0.1) is 11.3 Å². The molecule has 0 saturated carbocycles. The van der Waals surface area contributed by atoms with Crippen LogP contribution in [0.1, 0.15) is 34.5 Å². The maximum Gasteiger partial charge on any atom is 0.253 e. The maximum atomic E-state index is 13.0. The Morgan fingerprint density at radius 3 is 2.50 bits per heavy atom. The highest BCUT2D eigenvalue weighted by atomic mass is 35.5. The van der Waals surface area contributed by atoms with E-state index >= 15 is 0 Å². The summed E-state index contributed by atoms with van der Waals surface area (Å²) >= 11 is 7.35. The molecular formula is C19H24ClN3O3S2. The molecule has 0 aliphatic carbocycles. The zero-order valence-corrected chi connectivity index (χ0v) is 18.3. The average molecular weight is 442 g/mol. The Morgan fingerprint density at radius 1 is 1.18 bits per heavy atom. The first-order valence-electron chi connectivity index (χ1n) is 9.13. The molecular weight excluding hydrogens is 418 g/mol. The fourth-order valence-corrected chi connectivity index (χ4v) is 5.14. The SMILES string of the molecule is CN(C)S(=O)(=O)c1ccc(N2CCCCC2)c(C(=O)NCc2ccc(Cl)s2)c1. The van der Waals surface area contributed by atoms with E-state index in [-0.39, 0.29) is 10.8 Å². The van der Waals surface area contributed by atoms with E-state index < -0.39 is 10.0 Å². The molecule has 1 amide bonds. The molecule has 1 N–H and O–H groups in total. The van der Waals surface area contributed by atoms with Gasteiger partial charge >= 0.3 is 0 Å². The molecule has 0 radical (unpaired) electrons. The van der Waals surface area contributed by atoms with Crippen molar-refractivity contribution in [3.05, 3.63) is 45.1 Å². The van der Waals surface area contributed by atoms with Crippen molar-refractivity contribution in [2.75, 3.05) is 32.1 Å². The summed E-state index contributed by atoms with van der Waals surface area (Å²) in [7, 11) is -0.664. The van der Waals surface area contributed by atoms with Gasteiger partial charge in [-0.2, -0.15) is 0 Å². The smallest absolute Gasteiger partial charge is 0.253 e. The summed E-state index contributed by atoms with van der Waals surface area (Å²) in [5, 5.41) is 2.89. The van der Waals surface area contributed by atoms with Gasteiger partial charge in [-0.1, -0.05) is 11.6 Å². The molecule has 0 atom stereocenters. The third kappa shape index (κ3) is 4.68. The Balaban J connectivity index is 1.92. The number of carbonyl (C=O) groups is 1. The van der Waals surface area contributed by atoms with Gasteiger partial charge in [0.15, 0.2) is 0 Å². The van der Waals surface area contributed by atoms with Crippen molar-refractivity contribution in [1.29, 1.82) is 0 Å². The summed E-state index contributed by atoms with van der Waals surface area (Å²) in [6.45, 7) is 2.07. The van der Waals surface area contributed by atoms with Gasteiger partial charge in [-0.3, -0.25) is 4.79 Å². The summed E-state index contributed by atoms with van der Waals surface area (Å²) in [6.07, 6.45) is 3.29. The Bertz CT molecular complexity index is 951. The number of halogens is 1. The summed E-state index contributed by atoms with van der Waals surface area (Å²) in [6, 6.07) is 8.46. The topological polar surface area (TPSA) is 69.7 Å². The normalized spacial score (nSPS) is 15.1. The monoisotopic (exact) mass is 441 g/mol. The van der Waals surface area contributed by atoms with Crippen molar-refractivity contribution in [2.45, 2.75) is 30.7 Å². The average Bonchev–Trinajstić information content (AvgIpc) is 3.11. The molecule has 1 aromatic carbocycles. The predicted molar refractivity (Wildman–Crippen MR) is 114 cm³/mol. The number of sulfonamides is 1.